The summed E-state index contributed by atoms with van der Waals surface area (Å²) >= 11 is 6.42. The molecule has 0 saturated carbocycles. The van der Waals surface area contributed by atoms with Gasteiger partial charge in [0.2, 0.25) is 5.91 Å². The smallest absolute Gasteiger partial charge is 0.246 e. The SMILES string of the molecule is Cc1nn(CC(C)C)c(Cl)c1/C=C/C(=O)N(CCC#N)Cc1cccnc1. The first-order valence-corrected chi connectivity index (χ1v) is 9.26. The van der Waals surface area contributed by atoms with Gasteiger partial charge >= 0.3 is 0 Å². The average Bonchev–Trinajstić information content (AvgIpc) is 2.90. The molecule has 2 heterocycles. The predicted octanol–water partition coefficient (Wildman–Crippen LogP) is 3.85. The van der Waals surface area contributed by atoms with Crippen molar-refractivity contribution < 1.29 is 4.79 Å². The van der Waals surface area contributed by atoms with Crippen LogP contribution in [-0.4, -0.2) is 32.1 Å². The van der Waals surface area contributed by atoms with E-state index >= 15 is 0 Å². The van der Waals surface area contributed by atoms with Gasteiger partial charge in [-0.05, 0) is 30.5 Å². The summed E-state index contributed by atoms with van der Waals surface area (Å²) in [4.78, 5) is 18.4. The van der Waals surface area contributed by atoms with E-state index in [1.54, 1.807) is 28.1 Å². The number of nitrogens with zero attached hydrogens (tertiary/aromatic N) is 5. The molecule has 0 aliphatic carbocycles. The maximum atomic E-state index is 12.7. The zero-order valence-corrected chi connectivity index (χ0v) is 16.6. The lowest BCUT2D eigenvalue weighted by Gasteiger charge is -2.19. The van der Waals surface area contributed by atoms with E-state index in [0.717, 1.165) is 23.4 Å². The summed E-state index contributed by atoms with van der Waals surface area (Å²) in [5.74, 6) is 0.238. The maximum absolute atomic E-state index is 12.7. The second-order valence-corrected chi connectivity index (χ2v) is 7.09. The predicted molar refractivity (Wildman–Crippen MR) is 106 cm³/mol. The van der Waals surface area contributed by atoms with Crippen LogP contribution in [0, 0.1) is 24.2 Å². The fraction of sp³-hybridized carbons (Fsp3) is 0.400. The number of pyridine rings is 1. The summed E-state index contributed by atoms with van der Waals surface area (Å²) in [5.41, 5.74) is 2.43. The molecule has 2 aromatic heterocycles. The third-order valence-corrected chi connectivity index (χ3v) is 4.34. The minimum Gasteiger partial charge on any atom is -0.334 e. The van der Waals surface area contributed by atoms with E-state index in [2.05, 4.69) is 30.0 Å². The van der Waals surface area contributed by atoms with Gasteiger partial charge in [-0.25, -0.2) is 0 Å². The molecule has 0 spiro atoms. The van der Waals surface area contributed by atoms with E-state index in [0.29, 0.717) is 24.2 Å². The minimum atomic E-state index is -0.179. The Balaban J connectivity index is 2.16. The molecule has 27 heavy (non-hydrogen) atoms. The number of carbonyl (C=O) groups is 1. The van der Waals surface area contributed by atoms with Gasteiger partial charge in [0.1, 0.15) is 5.15 Å². The van der Waals surface area contributed by atoms with Crippen molar-refractivity contribution in [1.29, 1.82) is 5.26 Å². The number of nitriles is 1. The van der Waals surface area contributed by atoms with Crippen LogP contribution in [0.25, 0.3) is 6.08 Å². The number of aryl methyl sites for hydroxylation is 1. The highest BCUT2D eigenvalue weighted by Gasteiger charge is 2.15. The summed E-state index contributed by atoms with van der Waals surface area (Å²) in [7, 11) is 0. The van der Waals surface area contributed by atoms with Crippen LogP contribution < -0.4 is 0 Å². The molecule has 0 N–H and O–H groups in total. The van der Waals surface area contributed by atoms with E-state index in [4.69, 9.17) is 16.9 Å². The summed E-state index contributed by atoms with van der Waals surface area (Å²) < 4.78 is 1.76. The first kappa shape index (κ1) is 20.7. The van der Waals surface area contributed by atoms with Crippen molar-refractivity contribution in [3.8, 4) is 6.07 Å². The van der Waals surface area contributed by atoms with E-state index in [9.17, 15) is 4.79 Å². The van der Waals surface area contributed by atoms with Crippen LogP contribution >= 0.6 is 11.6 Å². The number of rotatable bonds is 8. The Bertz CT molecular complexity index is 836. The highest BCUT2D eigenvalue weighted by molar-refractivity contribution is 6.31. The lowest BCUT2D eigenvalue weighted by Crippen LogP contribution is -2.29. The minimum absolute atomic E-state index is 0.179. The third kappa shape index (κ3) is 5.93. The summed E-state index contributed by atoms with van der Waals surface area (Å²) in [6.45, 7) is 7.54. The van der Waals surface area contributed by atoms with E-state index < -0.39 is 0 Å². The fourth-order valence-corrected chi connectivity index (χ4v) is 2.95. The van der Waals surface area contributed by atoms with Gasteiger partial charge < -0.3 is 4.90 Å². The summed E-state index contributed by atoms with van der Waals surface area (Å²) in [6, 6.07) is 5.81. The lowest BCUT2D eigenvalue weighted by molar-refractivity contribution is -0.126. The Morgan fingerprint density at radius 1 is 1.48 bits per heavy atom. The van der Waals surface area contributed by atoms with E-state index in [-0.39, 0.29) is 12.3 Å². The van der Waals surface area contributed by atoms with Crippen molar-refractivity contribution in [3.05, 3.63) is 52.6 Å². The molecule has 6 nitrogen and oxygen atoms in total. The molecule has 7 heteroatoms. The van der Waals surface area contributed by atoms with Crippen molar-refractivity contribution >= 4 is 23.6 Å². The molecule has 0 fully saturated rings. The van der Waals surface area contributed by atoms with Crippen LogP contribution in [0.15, 0.2) is 30.6 Å². The molecule has 142 valence electrons. The molecule has 0 atom stereocenters. The quantitative estimate of drug-likeness (QED) is 0.647. The largest absolute Gasteiger partial charge is 0.334 e. The van der Waals surface area contributed by atoms with Crippen molar-refractivity contribution in [2.45, 2.75) is 40.3 Å². The molecule has 0 bridgehead atoms. The zero-order valence-electron chi connectivity index (χ0n) is 15.9. The van der Waals surface area contributed by atoms with Gasteiger partial charge in [-0.2, -0.15) is 10.4 Å². The summed E-state index contributed by atoms with van der Waals surface area (Å²) in [6.07, 6.45) is 6.86. The van der Waals surface area contributed by atoms with Crippen molar-refractivity contribution in [2.75, 3.05) is 6.54 Å². The molecular formula is C20H24ClN5O. The fourth-order valence-electron chi connectivity index (χ4n) is 2.65. The molecule has 1 amide bonds. The molecule has 0 saturated heterocycles. The van der Waals surface area contributed by atoms with Gasteiger partial charge in [-0.1, -0.05) is 31.5 Å². The standard InChI is InChI=1S/C20H24ClN5O/c1-15(2)13-26-20(21)18(16(3)24-26)7-8-19(27)25(11-5-9-22)14-17-6-4-10-23-12-17/h4,6-8,10,12,15H,5,11,13-14H2,1-3H3/b8-7+. The Kier molecular flexibility index (Phi) is 7.56. The number of halogens is 1. The van der Waals surface area contributed by atoms with Crippen LogP contribution in [0.3, 0.4) is 0 Å². The van der Waals surface area contributed by atoms with E-state index in [1.165, 1.54) is 6.08 Å². The van der Waals surface area contributed by atoms with E-state index in [1.807, 2.05) is 19.1 Å². The van der Waals surface area contributed by atoms with Crippen LogP contribution in [0.1, 0.15) is 37.1 Å². The van der Waals surface area contributed by atoms with Crippen LogP contribution in [-0.2, 0) is 17.9 Å². The molecule has 0 radical (unpaired) electrons. The number of aromatic nitrogens is 3. The Morgan fingerprint density at radius 2 is 2.26 bits per heavy atom. The van der Waals surface area contributed by atoms with Gasteiger partial charge in [-0.3, -0.25) is 14.5 Å². The molecule has 0 aliphatic heterocycles. The number of carbonyl (C=O) groups excluding carboxylic acids is 1. The molecule has 0 aliphatic rings. The van der Waals surface area contributed by atoms with Crippen molar-refractivity contribution in [1.82, 2.24) is 19.7 Å². The van der Waals surface area contributed by atoms with Gasteiger partial charge in [0.15, 0.2) is 0 Å². The topological polar surface area (TPSA) is 74.8 Å². The van der Waals surface area contributed by atoms with Gasteiger partial charge in [0, 0.05) is 43.7 Å². The highest BCUT2D eigenvalue weighted by atomic mass is 35.5. The van der Waals surface area contributed by atoms with Crippen molar-refractivity contribution in [2.24, 2.45) is 5.92 Å². The maximum Gasteiger partial charge on any atom is 0.246 e. The molecule has 2 rings (SSSR count). The number of hydrogen-bond acceptors (Lipinski definition) is 4. The van der Waals surface area contributed by atoms with Crippen LogP contribution in [0.4, 0.5) is 0 Å². The van der Waals surface area contributed by atoms with Crippen LogP contribution in [0.5, 0.6) is 0 Å². The second-order valence-electron chi connectivity index (χ2n) is 6.73. The first-order valence-electron chi connectivity index (χ1n) is 8.88. The highest BCUT2D eigenvalue weighted by Crippen LogP contribution is 2.22. The van der Waals surface area contributed by atoms with Gasteiger partial charge in [0.05, 0.1) is 18.2 Å². The summed E-state index contributed by atoms with van der Waals surface area (Å²) in [5, 5.41) is 13.8. The molecule has 0 unspecified atom stereocenters. The van der Waals surface area contributed by atoms with Gasteiger partial charge in [-0.15, -0.1) is 0 Å². The normalized spacial score (nSPS) is 11.1. The lowest BCUT2D eigenvalue weighted by atomic mass is 10.2. The Labute approximate surface area is 165 Å². The van der Waals surface area contributed by atoms with Gasteiger partial charge in [0.25, 0.3) is 0 Å². The number of amides is 1. The molecule has 2 aromatic rings. The second kappa shape index (κ2) is 9.89. The van der Waals surface area contributed by atoms with Crippen LogP contribution in [0.2, 0.25) is 5.15 Å². The zero-order chi connectivity index (χ0) is 19.8. The molecule has 0 aromatic carbocycles. The Morgan fingerprint density at radius 3 is 2.89 bits per heavy atom. The molecular weight excluding hydrogens is 362 g/mol. The number of hydrogen-bond donors (Lipinski definition) is 0. The Hall–Kier alpha value is -2.65. The monoisotopic (exact) mass is 385 g/mol. The third-order valence-electron chi connectivity index (χ3n) is 3.94. The average molecular weight is 386 g/mol. The first-order chi connectivity index (χ1) is 12.9. The van der Waals surface area contributed by atoms with Crippen molar-refractivity contribution in [3.63, 3.8) is 0 Å².